The van der Waals surface area contributed by atoms with E-state index in [-0.39, 0.29) is 5.91 Å². The van der Waals surface area contributed by atoms with Gasteiger partial charge in [-0.3, -0.25) is 4.79 Å². The van der Waals surface area contributed by atoms with Gasteiger partial charge in [0.2, 0.25) is 0 Å². The Bertz CT molecular complexity index is 1070. The third kappa shape index (κ3) is 3.61. The Balaban J connectivity index is 1.66. The summed E-state index contributed by atoms with van der Waals surface area (Å²) in [6.45, 7) is 3.13. The number of amides is 1. The molecule has 0 aliphatic heterocycles. The molecular weight excluding hydrogens is 356 g/mol. The van der Waals surface area contributed by atoms with E-state index in [1.807, 2.05) is 66.5 Å². The molecule has 27 heavy (non-hydrogen) atoms. The van der Waals surface area contributed by atoms with Crippen LogP contribution in [-0.4, -0.2) is 32.6 Å². The van der Waals surface area contributed by atoms with Crippen molar-refractivity contribution in [1.29, 1.82) is 0 Å². The number of aromatic nitrogens is 3. The predicted molar refractivity (Wildman–Crippen MR) is 108 cm³/mol. The molecule has 6 heteroatoms. The SMILES string of the molecule is Cc1cc(C(=O)N(C)Cc2ccccc2)c2cnn(Cc3cccs3)c2n1. The van der Waals surface area contributed by atoms with Gasteiger partial charge in [-0.2, -0.15) is 5.10 Å². The molecule has 0 saturated heterocycles. The highest BCUT2D eigenvalue weighted by molar-refractivity contribution is 7.09. The van der Waals surface area contributed by atoms with E-state index in [1.54, 1.807) is 22.4 Å². The number of hydrogen-bond acceptors (Lipinski definition) is 4. The maximum Gasteiger partial charge on any atom is 0.254 e. The van der Waals surface area contributed by atoms with Crippen molar-refractivity contribution < 1.29 is 4.79 Å². The van der Waals surface area contributed by atoms with Gasteiger partial charge in [0.15, 0.2) is 5.65 Å². The number of pyridine rings is 1. The van der Waals surface area contributed by atoms with Crippen molar-refractivity contribution in [1.82, 2.24) is 19.7 Å². The van der Waals surface area contributed by atoms with Gasteiger partial charge in [-0.15, -0.1) is 11.3 Å². The first-order valence-corrected chi connectivity index (χ1v) is 9.65. The van der Waals surface area contributed by atoms with E-state index in [9.17, 15) is 4.79 Å². The minimum Gasteiger partial charge on any atom is -0.337 e. The van der Waals surface area contributed by atoms with Crippen LogP contribution in [0.4, 0.5) is 0 Å². The summed E-state index contributed by atoms with van der Waals surface area (Å²) in [5.41, 5.74) is 3.31. The standard InChI is InChI=1S/C21H20N4OS/c1-15-11-18(21(26)24(2)13-16-7-4-3-5-8-16)19-12-22-25(20(19)23-15)14-17-9-6-10-27-17/h3-12H,13-14H2,1-2H3. The van der Waals surface area contributed by atoms with Gasteiger partial charge in [0.1, 0.15) is 0 Å². The number of carbonyl (C=O) groups is 1. The van der Waals surface area contributed by atoms with Gasteiger partial charge in [-0.1, -0.05) is 36.4 Å². The fourth-order valence-corrected chi connectivity index (χ4v) is 3.84. The average molecular weight is 376 g/mol. The van der Waals surface area contributed by atoms with Crippen LogP contribution in [0.3, 0.4) is 0 Å². The molecule has 0 bridgehead atoms. The molecule has 0 unspecified atom stereocenters. The van der Waals surface area contributed by atoms with Crippen molar-refractivity contribution in [2.24, 2.45) is 0 Å². The highest BCUT2D eigenvalue weighted by atomic mass is 32.1. The lowest BCUT2D eigenvalue weighted by atomic mass is 10.1. The van der Waals surface area contributed by atoms with E-state index in [0.717, 1.165) is 22.3 Å². The van der Waals surface area contributed by atoms with Gasteiger partial charge in [-0.05, 0) is 30.0 Å². The zero-order chi connectivity index (χ0) is 18.8. The van der Waals surface area contributed by atoms with Crippen LogP contribution in [0.5, 0.6) is 0 Å². The number of thiophene rings is 1. The van der Waals surface area contributed by atoms with Gasteiger partial charge >= 0.3 is 0 Å². The van der Waals surface area contributed by atoms with Crippen LogP contribution < -0.4 is 0 Å². The Morgan fingerprint density at radius 3 is 2.74 bits per heavy atom. The van der Waals surface area contributed by atoms with Crippen molar-refractivity contribution in [3.05, 3.63) is 81.8 Å². The predicted octanol–water partition coefficient (Wildman–Crippen LogP) is 4.12. The topological polar surface area (TPSA) is 51.0 Å². The molecular formula is C21H20N4OS. The van der Waals surface area contributed by atoms with Crippen molar-refractivity contribution in [2.45, 2.75) is 20.0 Å². The quantitative estimate of drug-likeness (QED) is 0.526. The Kier molecular flexibility index (Phi) is 4.73. The van der Waals surface area contributed by atoms with Crippen LogP contribution in [0.25, 0.3) is 11.0 Å². The second kappa shape index (κ2) is 7.32. The fraction of sp³-hybridized carbons (Fsp3) is 0.190. The van der Waals surface area contributed by atoms with E-state index in [2.05, 4.69) is 16.1 Å². The third-order valence-electron chi connectivity index (χ3n) is 4.46. The van der Waals surface area contributed by atoms with Crippen molar-refractivity contribution in [2.75, 3.05) is 7.05 Å². The van der Waals surface area contributed by atoms with Crippen LogP contribution in [-0.2, 0) is 13.1 Å². The summed E-state index contributed by atoms with van der Waals surface area (Å²) >= 11 is 1.69. The first-order valence-electron chi connectivity index (χ1n) is 8.77. The number of benzene rings is 1. The Labute approximate surface area is 161 Å². The van der Waals surface area contributed by atoms with Crippen molar-refractivity contribution in [3.63, 3.8) is 0 Å². The molecule has 0 spiro atoms. The van der Waals surface area contributed by atoms with E-state index in [0.29, 0.717) is 18.7 Å². The lowest BCUT2D eigenvalue weighted by Gasteiger charge is -2.18. The van der Waals surface area contributed by atoms with Gasteiger partial charge in [0.25, 0.3) is 5.91 Å². The molecule has 0 N–H and O–H groups in total. The lowest BCUT2D eigenvalue weighted by Crippen LogP contribution is -2.26. The van der Waals surface area contributed by atoms with Gasteiger partial charge in [-0.25, -0.2) is 9.67 Å². The fourth-order valence-electron chi connectivity index (χ4n) is 3.15. The molecule has 3 heterocycles. The highest BCUT2D eigenvalue weighted by Gasteiger charge is 2.19. The van der Waals surface area contributed by atoms with Crippen LogP contribution in [0, 0.1) is 6.92 Å². The van der Waals surface area contributed by atoms with Crippen LogP contribution >= 0.6 is 11.3 Å². The largest absolute Gasteiger partial charge is 0.337 e. The summed E-state index contributed by atoms with van der Waals surface area (Å²) in [6.07, 6.45) is 1.75. The van der Waals surface area contributed by atoms with E-state index < -0.39 is 0 Å². The molecule has 136 valence electrons. The smallest absolute Gasteiger partial charge is 0.254 e. The molecule has 0 atom stereocenters. The minimum absolute atomic E-state index is 0.0231. The monoisotopic (exact) mass is 376 g/mol. The van der Waals surface area contributed by atoms with Gasteiger partial charge < -0.3 is 4.90 Å². The molecule has 4 aromatic rings. The molecule has 1 amide bonds. The summed E-state index contributed by atoms with van der Waals surface area (Å²) in [4.78, 5) is 20.7. The highest BCUT2D eigenvalue weighted by Crippen LogP contribution is 2.22. The third-order valence-corrected chi connectivity index (χ3v) is 5.32. The van der Waals surface area contributed by atoms with Gasteiger partial charge in [0.05, 0.1) is 23.7 Å². The van der Waals surface area contributed by atoms with Crippen molar-refractivity contribution in [3.8, 4) is 0 Å². The summed E-state index contributed by atoms with van der Waals surface area (Å²) in [7, 11) is 1.83. The number of aryl methyl sites for hydroxylation is 1. The molecule has 0 fully saturated rings. The number of nitrogens with zero attached hydrogens (tertiary/aromatic N) is 4. The van der Waals surface area contributed by atoms with Crippen LogP contribution in [0.2, 0.25) is 0 Å². The lowest BCUT2D eigenvalue weighted by molar-refractivity contribution is 0.0787. The van der Waals surface area contributed by atoms with E-state index >= 15 is 0 Å². The number of carbonyl (C=O) groups excluding carboxylic acids is 1. The molecule has 4 rings (SSSR count). The molecule has 0 saturated carbocycles. The molecule has 0 radical (unpaired) electrons. The number of hydrogen-bond donors (Lipinski definition) is 0. The second-order valence-electron chi connectivity index (χ2n) is 6.58. The molecule has 0 aliphatic carbocycles. The van der Waals surface area contributed by atoms with E-state index in [1.165, 1.54) is 4.88 Å². The average Bonchev–Trinajstić information content (AvgIpc) is 3.32. The Morgan fingerprint density at radius 1 is 1.19 bits per heavy atom. The van der Waals surface area contributed by atoms with Crippen molar-refractivity contribution >= 4 is 28.3 Å². The zero-order valence-corrected chi connectivity index (χ0v) is 16.1. The Morgan fingerprint density at radius 2 is 2.00 bits per heavy atom. The summed E-state index contributed by atoms with van der Waals surface area (Å²) in [5, 5.41) is 7.33. The van der Waals surface area contributed by atoms with Crippen LogP contribution in [0.15, 0.2) is 60.1 Å². The number of fused-ring (bicyclic) bond motifs is 1. The van der Waals surface area contributed by atoms with E-state index in [4.69, 9.17) is 0 Å². The first-order chi connectivity index (χ1) is 13.1. The second-order valence-corrected chi connectivity index (χ2v) is 7.61. The Hall–Kier alpha value is -2.99. The summed E-state index contributed by atoms with van der Waals surface area (Å²) < 4.78 is 1.86. The summed E-state index contributed by atoms with van der Waals surface area (Å²) in [6, 6.07) is 15.9. The molecule has 1 aromatic carbocycles. The van der Waals surface area contributed by atoms with Crippen LogP contribution in [0.1, 0.15) is 26.5 Å². The first kappa shape index (κ1) is 17.4. The minimum atomic E-state index is -0.0231. The summed E-state index contributed by atoms with van der Waals surface area (Å²) in [5.74, 6) is -0.0231. The number of rotatable bonds is 5. The molecule has 3 aromatic heterocycles. The van der Waals surface area contributed by atoms with Gasteiger partial charge in [0, 0.05) is 24.2 Å². The maximum atomic E-state index is 13.1. The maximum absolute atomic E-state index is 13.1. The molecule has 5 nitrogen and oxygen atoms in total. The molecule has 0 aliphatic rings. The normalized spacial score (nSPS) is 11.0. The zero-order valence-electron chi connectivity index (χ0n) is 15.3.